The van der Waals surface area contributed by atoms with Gasteiger partial charge >= 0.3 is 5.97 Å². The first-order valence-corrected chi connectivity index (χ1v) is 5.80. The van der Waals surface area contributed by atoms with Crippen molar-refractivity contribution >= 4 is 5.97 Å². The highest BCUT2D eigenvalue weighted by Crippen LogP contribution is 2.24. The summed E-state index contributed by atoms with van der Waals surface area (Å²) in [6, 6.07) is 7.31. The van der Waals surface area contributed by atoms with E-state index >= 15 is 0 Å². The number of nitrogens with one attached hydrogen (secondary N) is 1. The molecule has 0 radical (unpaired) electrons. The molecule has 0 aliphatic carbocycles. The quantitative estimate of drug-likeness (QED) is 0.839. The lowest BCUT2D eigenvalue weighted by Gasteiger charge is -2.29. The molecule has 17 heavy (non-hydrogen) atoms. The van der Waals surface area contributed by atoms with Gasteiger partial charge in [0, 0.05) is 13.2 Å². The zero-order chi connectivity index (χ0) is 12.3. The Hall–Kier alpha value is -1.39. The van der Waals surface area contributed by atoms with Crippen LogP contribution in [-0.2, 0) is 4.74 Å². The maximum Gasteiger partial charge on any atom is 0.335 e. The molecular formula is C13H17NO3. The molecule has 1 aliphatic heterocycles. The lowest BCUT2D eigenvalue weighted by atomic mass is 9.95. The molecule has 0 unspecified atom stereocenters. The van der Waals surface area contributed by atoms with Gasteiger partial charge in [-0.05, 0) is 37.1 Å². The van der Waals surface area contributed by atoms with Gasteiger partial charge in [0.1, 0.15) is 0 Å². The Morgan fingerprint density at radius 1 is 1.41 bits per heavy atom. The van der Waals surface area contributed by atoms with Crippen LogP contribution in [0.3, 0.4) is 0 Å². The Kier molecular flexibility index (Phi) is 3.76. The Morgan fingerprint density at radius 2 is 2.12 bits per heavy atom. The SMILES string of the molecule is CO[C@H]1CCN[C@H](c2ccc(C(=O)O)cc2)C1. The highest BCUT2D eigenvalue weighted by molar-refractivity contribution is 5.87. The highest BCUT2D eigenvalue weighted by Gasteiger charge is 2.22. The van der Waals surface area contributed by atoms with E-state index in [4.69, 9.17) is 9.84 Å². The largest absolute Gasteiger partial charge is 0.478 e. The van der Waals surface area contributed by atoms with Gasteiger partial charge in [0.15, 0.2) is 0 Å². The zero-order valence-electron chi connectivity index (χ0n) is 9.85. The highest BCUT2D eigenvalue weighted by atomic mass is 16.5. The maximum atomic E-state index is 10.8. The number of piperidine rings is 1. The summed E-state index contributed by atoms with van der Waals surface area (Å²) in [5, 5.41) is 12.3. The lowest BCUT2D eigenvalue weighted by Crippen LogP contribution is -2.35. The average molecular weight is 235 g/mol. The summed E-state index contributed by atoms with van der Waals surface area (Å²) in [6.45, 7) is 0.934. The minimum absolute atomic E-state index is 0.261. The Morgan fingerprint density at radius 3 is 2.71 bits per heavy atom. The molecule has 1 heterocycles. The number of rotatable bonds is 3. The predicted molar refractivity (Wildman–Crippen MR) is 64.2 cm³/mol. The van der Waals surface area contributed by atoms with Crippen LogP contribution in [0.2, 0.25) is 0 Å². The fourth-order valence-electron chi connectivity index (χ4n) is 2.21. The predicted octanol–water partition coefficient (Wildman–Crippen LogP) is 1.82. The summed E-state index contributed by atoms with van der Waals surface area (Å²) >= 11 is 0. The monoisotopic (exact) mass is 235 g/mol. The Bertz CT molecular complexity index is 388. The van der Waals surface area contributed by atoms with E-state index in [9.17, 15) is 4.79 Å². The molecule has 0 saturated carbocycles. The molecule has 1 saturated heterocycles. The summed E-state index contributed by atoms with van der Waals surface area (Å²) in [6.07, 6.45) is 2.25. The maximum absolute atomic E-state index is 10.8. The van der Waals surface area contributed by atoms with Crippen LogP contribution in [0.1, 0.15) is 34.8 Å². The number of aromatic carboxylic acids is 1. The molecule has 4 nitrogen and oxygen atoms in total. The molecule has 1 fully saturated rings. The van der Waals surface area contributed by atoms with Crippen LogP contribution in [0, 0.1) is 0 Å². The van der Waals surface area contributed by atoms with Crippen LogP contribution in [0.4, 0.5) is 0 Å². The third kappa shape index (κ3) is 2.84. The van der Waals surface area contributed by atoms with Gasteiger partial charge < -0.3 is 15.2 Å². The van der Waals surface area contributed by atoms with E-state index in [0.717, 1.165) is 24.9 Å². The number of ether oxygens (including phenoxy) is 1. The summed E-state index contributed by atoms with van der Waals surface area (Å²) in [5.74, 6) is -0.886. The van der Waals surface area contributed by atoms with Crippen LogP contribution in [-0.4, -0.2) is 30.8 Å². The van der Waals surface area contributed by atoms with Crippen molar-refractivity contribution in [3.05, 3.63) is 35.4 Å². The van der Waals surface area contributed by atoms with Gasteiger partial charge in [-0.3, -0.25) is 0 Å². The third-order valence-corrected chi connectivity index (χ3v) is 3.25. The van der Waals surface area contributed by atoms with E-state index < -0.39 is 5.97 Å². The van der Waals surface area contributed by atoms with Gasteiger partial charge in [-0.25, -0.2) is 4.79 Å². The van der Waals surface area contributed by atoms with E-state index in [1.807, 2.05) is 12.1 Å². The van der Waals surface area contributed by atoms with Crippen molar-refractivity contribution in [2.75, 3.05) is 13.7 Å². The second-order valence-electron chi connectivity index (χ2n) is 4.32. The Balaban J connectivity index is 2.08. The number of hydrogen-bond donors (Lipinski definition) is 2. The van der Waals surface area contributed by atoms with Crippen molar-refractivity contribution in [3.8, 4) is 0 Å². The van der Waals surface area contributed by atoms with Crippen molar-refractivity contribution in [2.45, 2.75) is 25.0 Å². The van der Waals surface area contributed by atoms with E-state index in [1.54, 1.807) is 19.2 Å². The van der Waals surface area contributed by atoms with E-state index in [1.165, 1.54) is 0 Å². The van der Waals surface area contributed by atoms with Crippen molar-refractivity contribution in [2.24, 2.45) is 0 Å². The van der Waals surface area contributed by atoms with Gasteiger partial charge in [0.05, 0.1) is 11.7 Å². The molecular weight excluding hydrogens is 218 g/mol. The van der Waals surface area contributed by atoms with Crippen LogP contribution >= 0.6 is 0 Å². The van der Waals surface area contributed by atoms with Crippen LogP contribution in [0.15, 0.2) is 24.3 Å². The molecule has 0 spiro atoms. The number of carboxylic acid groups (broad SMARTS) is 1. The summed E-state index contributed by atoms with van der Waals surface area (Å²) < 4.78 is 5.37. The van der Waals surface area contributed by atoms with Crippen molar-refractivity contribution in [3.63, 3.8) is 0 Å². The molecule has 1 aromatic carbocycles. The van der Waals surface area contributed by atoms with Gasteiger partial charge in [0.25, 0.3) is 0 Å². The molecule has 2 rings (SSSR count). The van der Waals surface area contributed by atoms with Crippen molar-refractivity contribution in [1.82, 2.24) is 5.32 Å². The fraction of sp³-hybridized carbons (Fsp3) is 0.462. The van der Waals surface area contributed by atoms with Crippen molar-refractivity contribution in [1.29, 1.82) is 0 Å². The van der Waals surface area contributed by atoms with Crippen LogP contribution in [0.5, 0.6) is 0 Å². The number of carboxylic acids is 1. The molecule has 0 bridgehead atoms. The molecule has 2 N–H and O–H groups in total. The lowest BCUT2D eigenvalue weighted by molar-refractivity contribution is 0.0618. The van der Waals surface area contributed by atoms with Crippen LogP contribution < -0.4 is 5.32 Å². The Labute approximate surface area is 101 Å². The molecule has 4 heteroatoms. The first kappa shape index (κ1) is 12.1. The first-order chi connectivity index (χ1) is 8.20. The average Bonchev–Trinajstić information content (AvgIpc) is 2.39. The van der Waals surface area contributed by atoms with Gasteiger partial charge in [0.2, 0.25) is 0 Å². The normalized spacial score (nSPS) is 24.5. The molecule has 92 valence electrons. The minimum atomic E-state index is -0.886. The summed E-state index contributed by atoms with van der Waals surface area (Å²) in [4.78, 5) is 10.8. The molecule has 0 amide bonds. The molecule has 1 aromatic rings. The smallest absolute Gasteiger partial charge is 0.335 e. The van der Waals surface area contributed by atoms with E-state index in [2.05, 4.69) is 5.32 Å². The summed E-state index contributed by atoms with van der Waals surface area (Å²) in [7, 11) is 1.74. The third-order valence-electron chi connectivity index (χ3n) is 3.25. The van der Waals surface area contributed by atoms with Crippen LogP contribution in [0.25, 0.3) is 0 Å². The molecule has 1 aliphatic rings. The topological polar surface area (TPSA) is 58.6 Å². The van der Waals surface area contributed by atoms with Gasteiger partial charge in [-0.1, -0.05) is 12.1 Å². The zero-order valence-corrected chi connectivity index (χ0v) is 9.85. The summed E-state index contributed by atoms with van der Waals surface area (Å²) in [5.41, 5.74) is 1.45. The number of hydrogen-bond acceptors (Lipinski definition) is 3. The number of benzene rings is 1. The number of methoxy groups -OCH3 is 1. The minimum Gasteiger partial charge on any atom is -0.478 e. The van der Waals surface area contributed by atoms with Crippen molar-refractivity contribution < 1.29 is 14.6 Å². The van der Waals surface area contributed by atoms with Gasteiger partial charge in [-0.2, -0.15) is 0 Å². The molecule has 2 atom stereocenters. The number of carbonyl (C=O) groups is 1. The second-order valence-corrected chi connectivity index (χ2v) is 4.32. The van der Waals surface area contributed by atoms with E-state index in [-0.39, 0.29) is 6.04 Å². The second kappa shape index (κ2) is 5.29. The van der Waals surface area contributed by atoms with Gasteiger partial charge in [-0.15, -0.1) is 0 Å². The first-order valence-electron chi connectivity index (χ1n) is 5.80. The fourth-order valence-corrected chi connectivity index (χ4v) is 2.21. The van der Waals surface area contributed by atoms with E-state index in [0.29, 0.717) is 11.7 Å². The molecule has 0 aromatic heterocycles. The standard InChI is InChI=1S/C13H17NO3/c1-17-11-6-7-14-12(8-11)9-2-4-10(5-3-9)13(15)16/h2-5,11-12,14H,6-8H2,1H3,(H,15,16)/t11-,12-/m0/s1.